The van der Waals surface area contributed by atoms with Crippen molar-refractivity contribution in [2.75, 3.05) is 20.3 Å². The fraction of sp³-hybridized carbons (Fsp3) is 0.455. The number of esters is 2. The van der Waals surface area contributed by atoms with E-state index in [0.717, 1.165) is 34.3 Å². The van der Waals surface area contributed by atoms with Gasteiger partial charge < -0.3 is 14.4 Å². The molecule has 1 aromatic carbocycles. The minimum atomic E-state index is -0.530. The van der Waals surface area contributed by atoms with Gasteiger partial charge >= 0.3 is 11.9 Å². The molecule has 0 fully saturated rings. The number of hydrogen-bond donors (Lipinski definition) is 0. The summed E-state index contributed by atoms with van der Waals surface area (Å²) in [5, 5.41) is 0. The first kappa shape index (κ1) is 22.2. The van der Waals surface area contributed by atoms with Crippen LogP contribution >= 0.6 is 15.9 Å². The summed E-state index contributed by atoms with van der Waals surface area (Å²) in [6.07, 6.45) is 1.47. The Kier molecular flexibility index (Phi) is 7.87. The predicted molar refractivity (Wildman–Crippen MR) is 113 cm³/mol. The zero-order valence-corrected chi connectivity index (χ0v) is 18.8. The van der Waals surface area contributed by atoms with Crippen molar-refractivity contribution in [2.45, 2.75) is 46.5 Å². The quantitative estimate of drug-likeness (QED) is 0.552. The number of ether oxygens (including phenoxy) is 2. The molecule has 1 aliphatic rings. The van der Waals surface area contributed by atoms with E-state index in [-0.39, 0.29) is 0 Å². The number of nitrogens with zero attached hydrogens (tertiary/aromatic N) is 1. The molecule has 0 saturated heterocycles. The number of halogens is 1. The first-order valence-electron chi connectivity index (χ1n) is 9.58. The van der Waals surface area contributed by atoms with Crippen molar-refractivity contribution in [3.05, 3.63) is 56.8 Å². The van der Waals surface area contributed by atoms with Crippen molar-refractivity contribution in [3.63, 3.8) is 0 Å². The normalized spacial score (nSPS) is 15.1. The van der Waals surface area contributed by atoms with E-state index in [1.54, 1.807) is 0 Å². The Morgan fingerprint density at radius 2 is 1.36 bits per heavy atom. The molecule has 5 nitrogen and oxygen atoms in total. The van der Waals surface area contributed by atoms with Crippen molar-refractivity contribution in [2.24, 2.45) is 0 Å². The van der Waals surface area contributed by atoms with E-state index in [1.807, 2.05) is 63.9 Å². The standard InChI is InChI=1S/C22H28BrNO4/c1-6-12-27-21(25)18-14(3)24(5)15(4)19(22(26)28-13-7-2)20(18)16-8-10-17(23)11-9-16/h8-11,20H,6-7,12-13H2,1-5H3. The fourth-order valence-electron chi connectivity index (χ4n) is 3.24. The Labute approximate surface area is 175 Å². The van der Waals surface area contributed by atoms with Crippen LogP contribution < -0.4 is 0 Å². The van der Waals surface area contributed by atoms with E-state index in [0.29, 0.717) is 24.4 Å². The molecule has 1 aliphatic heterocycles. The van der Waals surface area contributed by atoms with Crippen LogP contribution in [0.5, 0.6) is 0 Å². The average molecular weight is 450 g/mol. The summed E-state index contributed by atoms with van der Waals surface area (Å²) >= 11 is 3.44. The van der Waals surface area contributed by atoms with E-state index >= 15 is 0 Å². The van der Waals surface area contributed by atoms with Gasteiger partial charge in [-0.2, -0.15) is 0 Å². The molecule has 0 aliphatic carbocycles. The van der Waals surface area contributed by atoms with Crippen LogP contribution in [0.4, 0.5) is 0 Å². The molecule has 28 heavy (non-hydrogen) atoms. The third-order valence-electron chi connectivity index (χ3n) is 4.88. The highest BCUT2D eigenvalue weighted by Gasteiger charge is 2.39. The lowest BCUT2D eigenvalue weighted by atomic mass is 9.80. The summed E-state index contributed by atoms with van der Waals surface area (Å²) in [7, 11) is 1.85. The van der Waals surface area contributed by atoms with Gasteiger partial charge in [-0.15, -0.1) is 0 Å². The molecule has 1 aromatic rings. The van der Waals surface area contributed by atoms with Crippen molar-refractivity contribution in [1.29, 1.82) is 0 Å². The molecule has 0 unspecified atom stereocenters. The first-order valence-corrected chi connectivity index (χ1v) is 10.4. The topological polar surface area (TPSA) is 55.8 Å². The maximum absolute atomic E-state index is 13.0. The number of allylic oxidation sites excluding steroid dienone is 2. The van der Waals surface area contributed by atoms with Crippen molar-refractivity contribution >= 4 is 27.9 Å². The summed E-state index contributed by atoms with van der Waals surface area (Å²) in [6.45, 7) is 8.34. The van der Waals surface area contributed by atoms with Crippen LogP contribution in [0.25, 0.3) is 0 Å². The van der Waals surface area contributed by atoms with E-state index in [1.165, 1.54) is 0 Å². The van der Waals surface area contributed by atoms with Crippen molar-refractivity contribution < 1.29 is 19.1 Å². The maximum Gasteiger partial charge on any atom is 0.336 e. The Balaban J connectivity index is 2.62. The monoisotopic (exact) mass is 449 g/mol. The molecule has 6 heteroatoms. The summed E-state index contributed by atoms with van der Waals surface area (Å²) in [5.74, 6) is -1.32. The fourth-order valence-corrected chi connectivity index (χ4v) is 3.50. The smallest absolute Gasteiger partial charge is 0.336 e. The zero-order chi connectivity index (χ0) is 20.8. The lowest BCUT2D eigenvalue weighted by Gasteiger charge is -2.35. The van der Waals surface area contributed by atoms with Crippen LogP contribution in [0.15, 0.2) is 51.3 Å². The van der Waals surface area contributed by atoms with Crippen LogP contribution in [0, 0.1) is 0 Å². The maximum atomic E-state index is 13.0. The lowest BCUT2D eigenvalue weighted by Crippen LogP contribution is -2.33. The van der Waals surface area contributed by atoms with Gasteiger partial charge in [0.1, 0.15) is 0 Å². The summed E-state index contributed by atoms with van der Waals surface area (Å²) < 4.78 is 11.9. The average Bonchev–Trinajstić information content (AvgIpc) is 2.68. The van der Waals surface area contributed by atoms with Gasteiger partial charge in [0, 0.05) is 22.9 Å². The van der Waals surface area contributed by atoms with Gasteiger partial charge in [-0.25, -0.2) is 9.59 Å². The second-order valence-corrected chi connectivity index (χ2v) is 7.73. The molecule has 0 spiro atoms. The molecule has 0 N–H and O–H groups in total. The number of carbonyl (C=O) groups excluding carboxylic acids is 2. The molecule has 152 valence electrons. The zero-order valence-electron chi connectivity index (χ0n) is 17.2. The molecule has 0 amide bonds. The molecular weight excluding hydrogens is 422 g/mol. The van der Waals surface area contributed by atoms with E-state index < -0.39 is 17.9 Å². The summed E-state index contributed by atoms with van der Waals surface area (Å²) in [6, 6.07) is 7.65. The van der Waals surface area contributed by atoms with Crippen molar-refractivity contribution in [1.82, 2.24) is 4.90 Å². The summed E-state index contributed by atoms with van der Waals surface area (Å²) in [5.41, 5.74) is 3.36. The minimum absolute atomic E-state index is 0.338. The van der Waals surface area contributed by atoms with Gasteiger partial charge in [-0.3, -0.25) is 0 Å². The molecule has 2 rings (SSSR count). The molecule has 0 radical (unpaired) electrons. The second kappa shape index (κ2) is 9.92. The minimum Gasteiger partial charge on any atom is -0.462 e. The Morgan fingerprint density at radius 3 is 1.75 bits per heavy atom. The van der Waals surface area contributed by atoms with Gasteiger partial charge in [0.25, 0.3) is 0 Å². The van der Waals surface area contributed by atoms with Crippen LogP contribution in [-0.4, -0.2) is 37.1 Å². The van der Waals surface area contributed by atoms with Gasteiger partial charge in [-0.1, -0.05) is 41.9 Å². The SMILES string of the molecule is CCCOC(=O)C1=C(C)N(C)C(C)=C(C(=O)OCCC)C1c1ccc(Br)cc1. The first-order chi connectivity index (χ1) is 13.3. The number of rotatable bonds is 7. The van der Waals surface area contributed by atoms with Gasteiger partial charge in [0.2, 0.25) is 0 Å². The predicted octanol–water partition coefficient (Wildman–Crippen LogP) is 4.93. The van der Waals surface area contributed by atoms with Crippen LogP contribution in [0.2, 0.25) is 0 Å². The highest BCUT2D eigenvalue weighted by molar-refractivity contribution is 9.10. The highest BCUT2D eigenvalue weighted by Crippen LogP contribution is 2.42. The van der Waals surface area contributed by atoms with Gasteiger partial charge in [0.05, 0.1) is 30.3 Å². The molecular formula is C22H28BrNO4. The third kappa shape index (κ3) is 4.66. The summed E-state index contributed by atoms with van der Waals surface area (Å²) in [4.78, 5) is 27.8. The second-order valence-electron chi connectivity index (χ2n) is 6.81. The van der Waals surface area contributed by atoms with E-state index in [4.69, 9.17) is 9.47 Å². The molecule has 0 aromatic heterocycles. The third-order valence-corrected chi connectivity index (χ3v) is 5.41. The molecule has 0 bridgehead atoms. The van der Waals surface area contributed by atoms with E-state index in [9.17, 15) is 9.59 Å². The largest absolute Gasteiger partial charge is 0.462 e. The van der Waals surface area contributed by atoms with Crippen molar-refractivity contribution in [3.8, 4) is 0 Å². The van der Waals surface area contributed by atoms with Gasteiger partial charge in [0.15, 0.2) is 0 Å². The highest BCUT2D eigenvalue weighted by atomic mass is 79.9. The molecule has 1 heterocycles. The molecule has 0 saturated carbocycles. The Morgan fingerprint density at radius 1 is 0.929 bits per heavy atom. The Hall–Kier alpha value is -2.08. The van der Waals surface area contributed by atoms with Crippen LogP contribution in [-0.2, 0) is 19.1 Å². The lowest BCUT2D eigenvalue weighted by molar-refractivity contribution is -0.140. The van der Waals surface area contributed by atoms with E-state index in [2.05, 4.69) is 15.9 Å². The number of benzene rings is 1. The van der Waals surface area contributed by atoms with Crippen LogP contribution in [0.3, 0.4) is 0 Å². The Bertz CT molecular complexity index is 751. The van der Waals surface area contributed by atoms with Gasteiger partial charge in [-0.05, 0) is 44.4 Å². The molecule has 0 atom stereocenters. The van der Waals surface area contributed by atoms with Crippen LogP contribution in [0.1, 0.15) is 52.0 Å². The number of carbonyl (C=O) groups is 2. The number of hydrogen-bond acceptors (Lipinski definition) is 5.